The summed E-state index contributed by atoms with van der Waals surface area (Å²) in [6.45, 7) is 1.77. The molecule has 1 fully saturated rings. The number of amides is 1. The molecule has 1 aromatic rings. The lowest BCUT2D eigenvalue weighted by Gasteiger charge is -2.26. The summed E-state index contributed by atoms with van der Waals surface area (Å²) in [5.74, 6) is 0.494. The number of carbonyl (C=O) groups excluding carboxylic acids is 1. The molecule has 88 valence electrons. The Hall–Kier alpha value is -1.36. The maximum atomic E-state index is 11.7. The van der Waals surface area contributed by atoms with E-state index in [0.29, 0.717) is 17.5 Å². The van der Waals surface area contributed by atoms with Crippen molar-refractivity contribution in [1.29, 1.82) is 0 Å². The third kappa shape index (κ3) is 2.61. The molecule has 16 heavy (non-hydrogen) atoms. The first-order chi connectivity index (χ1) is 7.65. The van der Waals surface area contributed by atoms with Crippen molar-refractivity contribution in [3.8, 4) is 0 Å². The van der Waals surface area contributed by atoms with Crippen LogP contribution in [0.4, 0.5) is 0 Å². The molecule has 0 spiro atoms. The highest BCUT2D eigenvalue weighted by Gasteiger charge is 2.21. The molecule has 0 aromatic carbocycles. The van der Waals surface area contributed by atoms with E-state index in [-0.39, 0.29) is 11.9 Å². The Morgan fingerprint density at radius 2 is 2.19 bits per heavy atom. The molecule has 0 bridgehead atoms. The number of nitrogens with two attached hydrogens (primary N) is 1. The molecule has 2 rings (SSSR count). The number of hydrogen-bond acceptors (Lipinski definition) is 4. The predicted octanol–water partition coefficient (Wildman–Crippen LogP) is 0.983. The van der Waals surface area contributed by atoms with Crippen molar-refractivity contribution in [2.24, 2.45) is 5.73 Å². The van der Waals surface area contributed by atoms with Crippen LogP contribution in [0.15, 0.2) is 10.6 Å². The van der Waals surface area contributed by atoms with Crippen molar-refractivity contribution >= 4 is 5.91 Å². The van der Waals surface area contributed by atoms with Crippen LogP contribution in [0, 0.1) is 6.92 Å². The van der Waals surface area contributed by atoms with Crippen LogP contribution in [0.1, 0.15) is 41.9 Å². The van der Waals surface area contributed by atoms with Crippen LogP contribution in [0.2, 0.25) is 0 Å². The Morgan fingerprint density at radius 1 is 1.50 bits per heavy atom. The molecule has 1 amide bonds. The summed E-state index contributed by atoms with van der Waals surface area (Å²) in [7, 11) is 0. The fraction of sp³-hybridized carbons (Fsp3) is 0.636. The third-order valence-corrected chi connectivity index (χ3v) is 2.97. The maximum Gasteiger partial charge on any atom is 0.273 e. The largest absolute Gasteiger partial charge is 0.361 e. The molecule has 1 saturated carbocycles. The number of rotatable bonds is 2. The van der Waals surface area contributed by atoms with Crippen LogP contribution in [0.5, 0.6) is 0 Å². The molecule has 0 atom stereocenters. The van der Waals surface area contributed by atoms with Gasteiger partial charge in [-0.2, -0.15) is 0 Å². The standard InChI is InChI=1S/C11H17N3O2/c1-7-6-10(14-16-7)11(15)13-9-4-2-8(12)3-5-9/h6,8-9H,2-5,12H2,1H3,(H,13,15). The first kappa shape index (κ1) is 11.1. The lowest BCUT2D eigenvalue weighted by Crippen LogP contribution is -2.40. The molecule has 0 radical (unpaired) electrons. The number of nitrogens with zero attached hydrogens (tertiary/aromatic N) is 1. The van der Waals surface area contributed by atoms with Gasteiger partial charge in [-0.15, -0.1) is 0 Å². The molecular weight excluding hydrogens is 206 g/mol. The highest BCUT2D eigenvalue weighted by Crippen LogP contribution is 2.17. The molecule has 5 heteroatoms. The quantitative estimate of drug-likeness (QED) is 0.783. The zero-order chi connectivity index (χ0) is 11.5. The average Bonchev–Trinajstić information content (AvgIpc) is 2.68. The van der Waals surface area contributed by atoms with E-state index < -0.39 is 0 Å². The summed E-state index contributed by atoms with van der Waals surface area (Å²) in [6, 6.07) is 2.16. The molecule has 1 heterocycles. The topological polar surface area (TPSA) is 81.2 Å². The van der Waals surface area contributed by atoms with E-state index in [9.17, 15) is 4.79 Å². The lowest BCUT2D eigenvalue weighted by atomic mass is 9.92. The second-order valence-corrected chi connectivity index (χ2v) is 4.41. The van der Waals surface area contributed by atoms with E-state index in [1.807, 2.05) is 0 Å². The van der Waals surface area contributed by atoms with Gasteiger partial charge in [-0.05, 0) is 32.6 Å². The van der Waals surface area contributed by atoms with Crippen LogP contribution in [0.3, 0.4) is 0 Å². The van der Waals surface area contributed by atoms with E-state index in [1.54, 1.807) is 13.0 Å². The Balaban J connectivity index is 1.88. The number of carbonyl (C=O) groups is 1. The van der Waals surface area contributed by atoms with E-state index in [4.69, 9.17) is 10.3 Å². The zero-order valence-corrected chi connectivity index (χ0v) is 9.40. The summed E-state index contributed by atoms with van der Waals surface area (Å²) in [5.41, 5.74) is 6.16. The van der Waals surface area contributed by atoms with Crippen molar-refractivity contribution < 1.29 is 9.32 Å². The van der Waals surface area contributed by atoms with Gasteiger partial charge in [0.1, 0.15) is 5.76 Å². The Morgan fingerprint density at radius 3 is 2.75 bits per heavy atom. The van der Waals surface area contributed by atoms with Crippen LogP contribution in [-0.4, -0.2) is 23.1 Å². The Labute approximate surface area is 94.4 Å². The molecule has 0 unspecified atom stereocenters. The number of nitrogens with one attached hydrogen (secondary N) is 1. The minimum absolute atomic E-state index is 0.155. The molecule has 5 nitrogen and oxygen atoms in total. The Bertz CT molecular complexity index is 367. The average molecular weight is 223 g/mol. The van der Waals surface area contributed by atoms with E-state index in [1.165, 1.54) is 0 Å². The van der Waals surface area contributed by atoms with Crippen molar-refractivity contribution in [3.63, 3.8) is 0 Å². The molecule has 1 aromatic heterocycles. The van der Waals surface area contributed by atoms with Gasteiger partial charge < -0.3 is 15.6 Å². The van der Waals surface area contributed by atoms with Crippen LogP contribution < -0.4 is 11.1 Å². The van der Waals surface area contributed by atoms with Gasteiger partial charge in [0.2, 0.25) is 0 Å². The fourth-order valence-corrected chi connectivity index (χ4v) is 2.00. The molecule has 0 saturated heterocycles. The van der Waals surface area contributed by atoms with Crippen molar-refractivity contribution in [2.75, 3.05) is 0 Å². The van der Waals surface area contributed by atoms with Crippen molar-refractivity contribution in [3.05, 3.63) is 17.5 Å². The second kappa shape index (κ2) is 4.65. The normalized spacial score (nSPS) is 25.4. The van der Waals surface area contributed by atoms with Gasteiger partial charge >= 0.3 is 0 Å². The first-order valence-electron chi connectivity index (χ1n) is 5.65. The number of aryl methyl sites for hydroxylation is 1. The van der Waals surface area contributed by atoms with Gasteiger partial charge in [-0.25, -0.2) is 0 Å². The van der Waals surface area contributed by atoms with Crippen molar-refractivity contribution in [2.45, 2.75) is 44.7 Å². The Kier molecular flexibility index (Phi) is 3.24. The minimum atomic E-state index is -0.155. The summed E-state index contributed by atoms with van der Waals surface area (Å²) in [6.07, 6.45) is 3.85. The highest BCUT2D eigenvalue weighted by molar-refractivity contribution is 5.92. The van der Waals surface area contributed by atoms with Crippen LogP contribution in [-0.2, 0) is 0 Å². The fourth-order valence-electron chi connectivity index (χ4n) is 2.00. The first-order valence-corrected chi connectivity index (χ1v) is 5.65. The summed E-state index contributed by atoms with van der Waals surface area (Å²) in [5, 5.41) is 6.64. The summed E-state index contributed by atoms with van der Waals surface area (Å²) in [4.78, 5) is 11.7. The van der Waals surface area contributed by atoms with Crippen LogP contribution >= 0.6 is 0 Å². The molecular formula is C11H17N3O2. The third-order valence-electron chi connectivity index (χ3n) is 2.97. The van der Waals surface area contributed by atoms with Gasteiger partial charge in [0.15, 0.2) is 5.69 Å². The van der Waals surface area contributed by atoms with Crippen molar-refractivity contribution in [1.82, 2.24) is 10.5 Å². The van der Waals surface area contributed by atoms with E-state index in [2.05, 4.69) is 10.5 Å². The van der Waals surface area contributed by atoms with Gasteiger partial charge in [0.25, 0.3) is 5.91 Å². The van der Waals surface area contributed by atoms with Gasteiger partial charge in [-0.1, -0.05) is 5.16 Å². The predicted molar refractivity (Wildman–Crippen MR) is 58.9 cm³/mol. The maximum absolute atomic E-state index is 11.7. The smallest absolute Gasteiger partial charge is 0.273 e. The van der Waals surface area contributed by atoms with Crippen LogP contribution in [0.25, 0.3) is 0 Å². The SMILES string of the molecule is Cc1cc(C(=O)NC2CCC(N)CC2)no1. The number of hydrogen-bond donors (Lipinski definition) is 2. The summed E-state index contributed by atoms with van der Waals surface area (Å²) >= 11 is 0. The zero-order valence-electron chi connectivity index (χ0n) is 9.40. The molecule has 1 aliphatic rings. The minimum Gasteiger partial charge on any atom is -0.361 e. The summed E-state index contributed by atoms with van der Waals surface area (Å²) < 4.78 is 4.86. The monoisotopic (exact) mass is 223 g/mol. The van der Waals surface area contributed by atoms with Gasteiger partial charge in [-0.3, -0.25) is 4.79 Å². The number of aromatic nitrogens is 1. The highest BCUT2D eigenvalue weighted by atomic mass is 16.5. The molecule has 3 N–H and O–H groups in total. The van der Waals surface area contributed by atoms with Gasteiger partial charge in [0, 0.05) is 18.2 Å². The van der Waals surface area contributed by atoms with E-state index >= 15 is 0 Å². The van der Waals surface area contributed by atoms with Gasteiger partial charge in [0.05, 0.1) is 0 Å². The van der Waals surface area contributed by atoms with E-state index in [0.717, 1.165) is 25.7 Å². The molecule has 0 aliphatic heterocycles. The lowest BCUT2D eigenvalue weighted by molar-refractivity contribution is 0.0916. The second-order valence-electron chi connectivity index (χ2n) is 4.41. The molecule has 1 aliphatic carbocycles.